The van der Waals surface area contributed by atoms with E-state index >= 15 is 0 Å². The topological polar surface area (TPSA) is 63.4 Å². The SMILES string of the molecule is CC(C)(C)c1ccc(C2C(Cl)C(=O)N2C2C3CC4CC(C3)CC2(C(N)=O)C4)cc1. The number of nitrogens with zero attached hydrogens (tertiary/aromatic N) is 1. The molecule has 1 aliphatic heterocycles. The molecule has 4 saturated carbocycles. The first-order valence-electron chi connectivity index (χ1n) is 11.0. The number of carbonyl (C=O) groups excluding carboxylic acids is 2. The van der Waals surface area contributed by atoms with E-state index in [4.69, 9.17) is 17.3 Å². The minimum atomic E-state index is -0.564. The van der Waals surface area contributed by atoms with Crippen LogP contribution in [0.15, 0.2) is 24.3 Å². The van der Waals surface area contributed by atoms with Gasteiger partial charge in [-0.2, -0.15) is 0 Å². The number of carbonyl (C=O) groups is 2. The molecule has 1 aromatic rings. The number of amides is 2. The molecule has 5 atom stereocenters. The van der Waals surface area contributed by atoms with Crippen molar-refractivity contribution in [3.05, 3.63) is 35.4 Å². The second-order valence-corrected chi connectivity index (χ2v) is 11.5. The summed E-state index contributed by atoms with van der Waals surface area (Å²) in [5.74, 6) is 1.30. The molecular weight excluding hydrogens is 384 g/mol. The molecule has 1 aromatic carbocycles. The van der Waals surface area contributed by atoms with E-state index in [2.05, 4.69) is 45.0 Å². The van der Waals surface area contributed by atoms with Gasteiger partial charge in [-0.25, -0.2) is 0 Å². The molecule has 0 aromatic heterocycles. The standard InChI is InChI=1S/C24H31ClN2O2/c1-23(2,3)17-6-4-15(5-7-17)19-18(25)21(28)27(19)20-16-9-13-8-14(10-16)12-24(20,11-13)22(26)29/h4-7,13-14,16,18-20H,8-12H2,1-3H3,(H2,26,29). The zero-order valence-corrected chi connectivity index (χ0v) is 18.3. The van der Waals surface area contributed by atoms with Crippen LogP contribution in [0.5, 0.6) is 0 Å². The quantitative estimate of drug-likeness (QED) is 0.596. The van der Waals surface area contributed by atoms with Gasteiger partial charge in [0.05, 0.1) is 11.5 Å². The number of rotatable bonds is 3. The molecule has 0 spiro atoms. The smallest absolute Gasteiger partial charge is 0.243 e. The summed E-state index contributed by atoms with van der Waals surface area (Å²) in [6, 6.07) is 8.22. The van der Waals surface area contributed by atoms with Crippen molar-refractivity contribution in [2.75, 3.05) is 0 Å². The minimum absolute atomic E-state index is 0.0327. The fourth-order valence-corrected chi connectivity index (χ4v) is 7.53. The third-order valence-electron chi connectivity index (χ3n) is 8.23. The van der Waals surface area contributed by atoms with Crippen molar-refractivity contribution >= 4 is 23.4 Å². The number of hydrogen-bond donors (Lipinski definition) is 1. The highest BCUT2D eigenvalue weighted by atomic mass is 35.5. The van der Waals surface area contributed by atoms with E-state index in [-0.39, 0.29) is 29.3 Å². The van der Waals surface area contributed by atoms with Crippen LogP contribution in [0, 0.1) is 23.2 Å². The van der Waals surface area contributed by atoms with Gasteiger partial charge in [-0.05, 0) is 66.4 Å². The minimum Gasteiger partial charge on any atom is -0.369 e. The van der Waals surface area contributed by atoms with Crippen LogP contribution < -0.4 is 5.73 Å². The van der Waals surface area contributed by atoms with Gasteiger partial charge in [0, 0.05) is 6.04 Å². The van der Waals surface area contributed by atoms with Crippen LogP contribution in [0.4, 0.5) is 0 Å². The van der Waals surface area contributed by atoms with Gasteiger partial charge in [0.15, 0.2) is 0 Å². The van der Waals surface area contributed by atoms with Crippen molar-refractivity contribution in [3.8, 4) is 0 Å². The molecule has 2 amide bonds. The predicted molar refractivity (Wildman–Crippen MR) is 113 cm³/mol. The number of β-lactam (4-membered cyclic amide) rings is 1. The van der Waals surface area contributed by atoms with Crippen LogP contribution in [0.25, 0.3) is 0 Å². The Morgan fingerprint density at radius 2 is 1.69 bits per heavy atom. The highest BCUT2D eigenvalue weighted by molar-refractivity contribution is 6.33. The summed E-state index contributed by atoms with van der Waals surface area (Å²) >= 11 is 6.56. The third kappa shape index (κ3) is 2.71. The summed E-state index contributed by atoms with van der Waals surface area (Å²) in [7, 11) is 0. The second kappa shape index (κ2) is 6.23. The maximum atomic E-state index is 13.0. The largest absolute Gasteiger partial charge is 0.369 e. The van der Waals surface area contributed by atoms with Crippen LogP contribution in [0.3, 0.4) is 0 Å². The van der Waals surface area contributed by atoms with Gasteiger partial charge in [0.25, 0.3) is 0 Å². The molecule has 4 aliphatic carbocycles. The van der Waals surface area contributed by atoms with Crippen LogP contribution in [-0.4, -0.2) is 28.1 Å². The average Bonchev–Trinajstić information content (AvgIpc) is 2.65. The number of primary amides is 1. The van der Waals surface area contributed by atoms with Gasteiger partial charge in [-0.15, -0.1) is 11.6 Å². The molecule has 5 fully saturated rings. The molecule has 1 heterocycles. The normalized spacial score (nSPS) is 40.8. The summed E-state index contributed by atoms with van der Waals surface area (Å²) in [6.45, 7) is 6.57. The number of halogens is 1. The van der Waals surface area contributed by atoms with Gasteiger partial charge >= 0.3 is 0 Å². The van der Waals surface area contributed by atoms with Crippen LogP contribution in [0.2, 0.25) is 0 Å². The lowest BCUT2D eigenvalue weighted by Crippen LogP contribution is -2.72. The first-order valence-corrected chi connectivity index (χ1v) is 11.4. The van der Waals surface area contributed by atoms with Crippen molar-refractivity contribution < 1.29 is 9.59 Å². The molecule has 29 heavy (non-hydrogen) atoms. The summed E-state index contributed by atoms with van der Waals surface area (Å²) in [4.78, 5) is 27.7. The predicted octanol–water partition coefficient (Wildman–Crippen LogP) is 4.16. The van der Waals surface area contributed by atoms with Crippen molar-refractivity contribution in [1.29, 1.82) is 0 Å². The fraction of sp³-hybridized carbons (Fsp3) is 0.667. The molecule has 1 saturated heterocycles. The molecule has 4 bridgehead atoms. The average molecular weight is 415 g/mol. The Balaban J connectivity index is 1.51. The molecule has 5 unspecified atom stereocenters. The van der Waals surface area contributed by atoms with Crippen molar-refractivity contribution in [2.45, 2.75) is 75.8 Å². The summed E-state index contributed by atoms with van der Waals surface area (Å²) in [5, 5.41) is -0.558. The fourth-order valence-electron chi connectivity index (χ4n) is 7.15. The first-order chi connectivity index (χ1) is 13.6. The van der Waals surface area contributed by atoms with E-state index in [1.807, 2.05) is 4.90 Å². The number of alkyl halides is 1. The van der Waals surface area contributed by atoms with Crippen molar-refractivity contribution in [3.63, 3.8) is 0 Å². The van der Waals surface area contributed by atoms with Crippen LogP contribution >= 0.6 is 11.6 Å². The van der Waals surface area contributed by atoms with E-state index < -0.39 is 10.8 Å². The van der Waals surface area contributed by atoms with Gasteiger partial charge in [0.2, 0.25) is 11.8 Å². The summed E-state index contributed by atoms with van der Waals surface area (Å²) in [5.41, 5.74) is 7.85. The molecule has 6 rings (SSSR count). The Labute approximate surface area is 178 Å². The molecule has 2 N–H and O–H groups in total. The highest BCUT2D eigenvalue weighted by Crippen LogP contribution is 2.63. The second-order valence-electron chi connectivity index (χ2n) is 11.0. The highest BCUT2D eigenvalue weighted by Gasteiger charge is 2.66. The number of benzene rings is 1. The van der Waals surface area contributed by atoms with Crippen LogP contribution in [-0.2, 0) is 15.0 Å². The zero-order chi connectivity index (χ0) is 20.7. The van der Waals surface area contributed by atoms with Crippen molar-refractivity contribution in [1.82, 2.24) is 4.90 Å². The molecule has 4 nitrogen and oxygen atoms in total. The Bertz CT molecular complexity index is 845. The number of likely N-dealkylation sites (tertiary alicyclic amines) is 1. The zero-order valence-electron chi connectivity index (χ0n) is 17.5. The maximum Gasteiger partial charge on any atom is 0.243 e. The number of hydrogen-bond acceptors (Lipinski definition) is 2. The lowest BCUT2D eigenvalue weighted by Gasteiger charge is -2.65. The Morgan fingerprint density at radius 3 is 2.21 bits per heavy atom. The molecule has 156 valence electrons. The first kappa shape index (κ1) is 19.4. The van der Waals surface area contributed by atoms with Crippen molar-refractivity contribution in [2.24, 2.45) is 28.9 Å². The van der Waals surface area contributed by atoms with Crippen LogP contribution in [0.1, 0.15) is 70.0 Å². The Hall–Kier alpha value is -1.55. The third-order valence-corrected chi connectivity index (χ3v) is 8.66. The lowest BCUT2D eigenvalue weighted by molar-refractivity contribution is -0.185. The van der Waals surface area contributed by atoms with E-state index in [0.717, 1.165) is 31.2 Å². The molecular formula is C24H31ClN2O2. The van der Waals surface area contributed by atoms with Gasteiger partial charge in [0.1, 0.15) is 5.38 Å². The maximum absolute atomic E-state index is 13.0. The van der Waals surface area contributed by atoms with E-state index in [1.165, 1.54) is 12.0 Å². The molecule has 0 radical (unpaired) electrons. The van der Waals surface area contributed by atoms with E-state index in [0.29, 0.717) is 17.8 Å². The summed E-state index contributed by atoms with van der Waals surface area (Å²) < 4.78 is 0. The van der Waals surface area contributed by atoms with Gasteiger partial charge in [-0.1, -0.05) is 45.0 Å². The van der Waals surface area contributed by atoms with Gasteiger partial charge < -0.3 is 10.6 Å². The Kier molecular flexibility index (Phi) is 4.17. The molecule has 5 aliphatic rings. The number of nitrogens with two attached hydrogens (primary N) is 1. The Morgan fingerprint density at radius 1 is 1.10 bits per heavy atom. The molecule has 5 heteroatoms. The lowest BCUT2D eigenvalue weighted by atomic mass is 9.46. The van der Waals surface area contributed by atoms with Gasteiger partial charge in [-0.3, -0.25) is 9.59 Å². The summed E-state index contributed by atoms with van der Waals surface area (Å²) in [6.07, 6.45) is 5.13. The van der Waals surface area contributed by atoms with E-state index in [9.17, 15) is 9.59 Å². The monoisotopic (exact) mass is 414 g/mol. The van der Waals surface area contributed by atoms with E-state index in [1.54, 1.807) is 0 Å².